The molecule has 164 valence electrons. The van der Waals surface area contributed by atoms with Crippen LogP contribution in [-0.2, 0) is 19.1 Å². The SMILES string of the molecule is CCOC(=O)C1=C(COC(=O)COc2cc(C)cc(C)c2)NC(=O)NC1c1cccs1. The zero-order valence-corrected chi connectivity index (χ0v) is 18.3. The van der Waals surface area contributed by atoms with Gasteiger partial charge in [-0.15, -0.1) is 11.3 Å². The molecule has 0 spiro atoms. The summed E-state index contributed by atoms with van der Waals surface area (Å²) in [7, 11) is 0. The van der Waals surface area contributed by atoms with E-state index in [1.807, 2.05) is 49.6 Å². The quantitative estimate of drug-likeness (QED) is 0.607. The highest BCUT2D eigenvalue weighted by Crippen LogP contribution is 2.30. The highest BCUT2D eigenvalue weighted by molar-refractivity contribution is 7.10. The molecule has 1 aliphatic rings. The number of ether oxygens (including phenoxy) is 3. The van der Waals surface area contributed by atoms with Crippen LogP contribution < -0.4 is 15.4 Å². The molecule has 1 aromatic heterocycles. The van der Waals surface area contributed by atoms with Crippen molar-refractivity contribution in [3.8, 4) is 5.75 Å². The van der Waals surface area contributed by atoms with Crippen molar-refractivity contribution >= 4 is 29.3 Å². The van der Waals surface area contributed by atoms with Crippen LogP contribution in [0, 0.1) is 13.8 Å². The normalized spacial score (nSPS) is 15.7. The van der Waals surface area contributed by atoms with Crippen molar-refractivity contribution in [1.82, 2.24) is 10.6 Å². The van der Waals surface area contributed by atoms with Crippen LogP contribution in [0.15, 0.2) is 47.0 Å². The molecule has 2 aromatic rings. The lowest BCUT2D eigenvalue weighted by molar-refractivity contribution is -0.145. The summed E-state index contributed by atoms with van der Waals surface area (Å²) in [5.41, 5.74) is 2.42. The first kappa shape index (κ1) is 22.4. The molecule has 2 amide bonds. The number of urea groups is 1. The maximum Gasteiger partial charge on any atom is 0.344 e. The average Bonchev–Trinajstić information content (AvgIpc) is 3.24. The minimum atomic E-state index is -0.687. The van der Waals surface area contributed by atoms with Crippen molar-refractivity contribution in [2.45, 2.75) is 26.8 Å². The van der Waals surface area contributed by atoms with Crippen molar-refractivity contribution < 1.29 is 28.6 Å². The number of thiophene rings is 1. The molecule has 9 heteroatoms. The highest BCUT2D eigenvalue weighted by atomic mass is 32.1. The molecular formula is C22H24N2O6S. The summed E-state index contributed by atoms with van der Waals surface area (Å²) in [5.74, 6) is -0.657. The van der Waals surface area contributed by atoms with E-state index in [2.05, 4.69) is 10.6 Å². The molecule has 3 rings (SSSR count). The molecular weight excluding hydrogens is 420 g/mol. The van der Waals surface area contributed by atoms with Gasteiger partial charge in [0, 0.05) is 4.88 Å². The van der Waals surface area contributed by atoms with Crippen LogP contribution in [0.1, 0.15) is 29.0 Å². The fourth-order valence-electron chi connectivity index (χ4n) is 3.20. The number of carbonyl (C=O) groups excluding carboxylic acids is 3. The van der Waals surface area contributed by atoms with Crippen LogP contribution in [0.4, 0.5) is 4.79 Å². The lowest BCUT2D eigenvalue weighted by Gasteiger charge is -2.28. The van der Waals surface area contributed by atoms with Gasteiger partial charge in [0.05, 0.1) is 23.9 Å². The number of hydrogen-bond donors (Lipinski definition) is 2. The summed E-state index contributed by atoms with van der Waals surface area (Å²) in [4.78, 5) is 37.7. The Balaban J connectivity index is 1.72. The standard InChI is InChI=1S/C22H24N2O6S/c1-4-28-21(26)19-16(23-22(27)24-20(19)17-6-5-7-31-17)11-30-18(25)12-29-15-9-13(2)8-14(3)10-15/h5-10,20H,4,11-12H2,1-3H3,(H2,23,24,27). The minimum absolute atomic E-state index is 0.171. The fourth-order valence-corrected chi connectivity index (χ4v) is 3.99. The third kappa shape index (κ3) is 5.85. The second-order valence-electron chi connectivity index (χ2n) is 6.93. The predicted molar refractivity (Wildman–Crippen MR) is 115 cm³/mol. The van der Waals surface area contributed by atoms with Crippen LogP contribution in [0.2, 0.25) is 0 Å². The van der Waals surface area contributed by atoms with Gasteiger partial charge in [0.25, 0.3) is 0 Å². The van der Waals surface area contributed by atoms with Gasteiger partial charge in [0.2, 0.25) is 0 Å². The smallest absolute Gasteiger partial charge is 0.344 e. The van der Waals surface area contributed by atoms with E-state index in [-0.39, 0.29) is 31.1 Å². The molecule has 8 nitrogen and oxygen atoms in total. The molecule has 0 bridgehead atoms. The monoisotopic (exact) mass is 444 g/mol. The van der Waals surface area contributed by atoms with Crippen LogP contribution in [-0.4, -0.2) is 37.8 Å². The summed E-state index contributed by atoms with van der Waals surface area (Å²) in [5, 5.41) is 7.12. The molecule has 1 aliphatic heterocycles. The van der Waals surface area contributed by atoms with E-state index < -0.39 is 24.0 Å². The van der Waals surface area contributed by atoms with Gasteiger partial charge in [-0.1, -0.05) is 12.1 Å². The van der Waals surface area contributed by atoms with E-state index in [1.54, 1.807) is 6.92 Å². The van der Waals surface area contributed by atoms with Crippen LogP contribution in [0.25, 0.3) is 0 Å². The molecule has 31 heavy (non-hydrogen) atoms. The molecule has 0 radical (unpaired) electrons. The predicted octanol–water partition coefficient (Wildman–Crippen LogP) is 3.16. The van der Waals surface area contributed by atoms with E-state index >= 15 is 0 Å². The number of rotatable bonds is 8. The first-order valence-corrected chi connectivity index (χ1v) is 10.6. The lowest BCUT2D eigenvalue weighted by atomic mass is 10.0. The van der Waals surface area contributed by atoms with Crippen LogP contribution in [0.5, 0.6) is 5.75 Å². The van der Waals surface area contributed by atoms with Gasteiger partial charge in [-0.3, -0.25) is 0 Å². The zero-order valence-electron chi connectivity index (χ0n) is 17.5. The van der Waals surface area contributed by atoms with Crippen LogP contribution in [0.3, 0.4) is 0 Å². The highest BCUT2D eigenvalue weighted by Gasteiger charge is 2.34. The number of amides is 2. The van der Waals surface area contributed by atoms with Gasteiger partial charge in [-0.05, 0) is 55.5 Å². The maximum absolute atomic E-state index is 12.6. The lowest BCUT2D eigenvalue weighted by Crippen LogP contribution is -2.47. The number of benzene rings is 1. The Bertz CT molecular complexity index is 979. The van der Waals surface area contributed by atoms with Crippen molar-refractivity contribution in [1.29, 1.82) is 0 Å². The summed E-state index contributed by atoms with van der Waals surface area (Å²) >= 11 is 1.39. The summed E-state index contributed by atoms with van der Waals surface area (Å²) in [6, 6.07) is 8.08. The molecule has 0 aliphatic carbocycles. The molecule has 1 atom stereocenters. The average molecular weight is 445 g/mol. The number of hydrogen-bond acceptors (Lipinski definition) is 7. The van der Waals surface area contributed by atoms with Gasteiger partial charge in [0.15, 0.2) is 6.61 Å². The number of nitrogens with one attached hydrogen (secondary N) is 2. The van der Waals surface area contributed by atoms with Gasteiger partial charge in [-0.2, -0.15) is 0 Å². The summed E-state index contributed by atoms with van der Waals surface area (Å²) in [6.07, 6.45) is 0. The van der Waals surface area contributed by atoms with E-state index in [0.29, 0.717) is 5.75 Å². The number of esters is 2. The molecule has 1 aromatic carbocycles. The molecule has 0 fully saturated rings. The molecule has 2 N–H and O–H groups in total. The maximum atomic E-state index is 12.6. The van der Waals surface area contributed by atoms with Crippen LogP contribution >= 0.6 is 11.3 Å². The fraction of sp³-hybridized carbons (Fsp3) is 0.318. The van der Waals surface area contributed by atoms with E-state index in [0.717, 1.165) is 16.0 Å². The Morgan fingerprint density at radius 1 is 1.13 bits per heavy atom. The first-order valence-electron chi connectivity index (χ1n) is 9.75. The molecule has 0 saturated carbocycles. The Labute approximate surface area is 184 Å². The number of aryl methyl sites for hydroxylation is 2. The largest absolute Gasteiger partial charge is 0.482 e. The van der Waals surface area contributed by atoms with Gasteiger partial charge >= 0.3 is 18.0 Å². The van der Waals surface area contributed by atoms with E-state index in [4.69, 9.17) is 14.2 Å². The van der Waals surface area contributed by atoms with Gasteiger partial charge < -0.3 is 24.8 Å². The number of carbonyl (C=O) groups is 3. The summed E-state index contributed by atoms with van der Waals surface area (Å²) in [6.45, 7) is 5.14. The Hall–Kier alpha value is -3.33. The topological polar surface area (TPSA) is 103 Å². The summed E-state index contributed by atoms with van der Waals surface area (Å²) < 4.78 is 15.9. The minimum Gasteiger partial charge on any atom is -0.482 e. The molecule has 0 saturated heterocycles. The first-order chi connectivity index (χ1) is 14.9. The Morgan fingerprint density at radius 3 is 2.52 bits per heavy atom. The second kappa shape index (κ2) is 10.1. The van der Waals surface area contributed by atoms with Gasteiger partial charge in [0.1, 0.15) is 12.4 Å². The van der Waals surface area contributed by atoms with Crippen molar-refractivity contribution in [2.75, 3.05) is 19.8 Å². The van der Waals surface area contributed by atoms with Crippen molar-refractivity contribution in [3.05, 3.63) is 63.0 Å². The van der Waals surface area contributed by atoms with E-state index in [1.165, 1.54) is 11.3 Å². The zero-order chi connectivity index (χ0) is 22.4. The van der Waals surface area contributed by atoms with E-state index in [9.17, 15) is 14.4 Å². The van der Waals surface area contributed by atoms with Gasteiger partial charge in [-0.25, -0.2) is 14.4 Å². The van der Waals surface area contributed by atoms with Crippen molar-refractivity contribution in [3.63, 3.8) is 0 Å². The third-order valence-corrected chi connectivity index (χ3v) is 5.34. The third-order valence-electron chi connectivity index (χ3n) is 4.41. The second-order valence-corrected chi connectivity index (χ2v) is 7.91. The Kier molecular flexibility index (Phi) is 7.30. The van der Waals surface area contributed by atoms with Crippen molar-refractivity contribution in [2.24, 2.45) is 0 Å². The molecule has 1 unspecified atom stereocenters. The molecule has 2 heterocycles. The Morgan fingerprint density at radius 2 is 1.87 bits per heavy atom.